The first-order valence-electron chi connectivity index (χ1n) is 13.8. The van der Waals surface area contributed by atoms with Crippen LogP contribution in [0.15, 0.2) is 36.5 Å². The van der Waals surface area contributed by atoms with Crippen molar-refractivity contribution in [3.05, 3.63) is 59.2 Å². The molecule has 0 fully saturated rings. The van der Waals surface area contributed by atoms with Gasteiger partial charge in [0.1, 0.15) is 11.4 Å². The van der Waals surface area contributed by atoms with Crippen LogP contribution in [0.3, 0.4) is 0 Å². The van der Waals surface area contributed by atoms with Crippen molar-refractivity contribution in [1.82, 2.24) is 14.9 Å². The first-order valence-corrected chi connectivity index (χ1v) is 13.8. The number of amides is 2. The van der Waals surface area contributed by atoms with Gasteiger partial charge in [0, 0.05) is 50.1 Å². The number of ether oxygens (including phenoxy) is 1. The summed E-state index contributed by atoms with van der Waals surface area (Å²) in [4.78, 5) is 38.2. The Balaban J connectivity index is 1.66. The van der Waals surface area contributed by atoms with Crippen LogP contribution in [0.4, 0.5) is 10.5 Å². The van der Waals surface area contributed by atoms with E-state index in [9.17, 15) is 9.59 Å². The molecule has 0 bridgehead atoms. The van der Waals surface area contributed by atoms with Crippen LogP contribution >= 0.6 is 0 Å². The number of nitrogens with zero attached hydrogens (tertiary/aromatic N) is 4. The van der Waals surface area contributed by atoms with Crippen molar-refractivity contribution in [3.63, 3.8) is 0 Å². The summed E-state index contributed by atoms with van der Waals surface area (Å²) < 4.78 is 5.56. The molecule has 3 heterocycles. The molecule has 1 aromatic carbocycles. The lowest BCUT2D eigenvalue weighted by Gasteiger charge is -2.46. The highest BCUT2D eigenvalue weighted by Crippen LogP contribution is 2.47. The highest BCUT2D eigenvalue weighted by Gasteiger charge is 2.40. The average molecular weight is 519 g/mol. The fraction of sp³-hybridized carbons (Fsp3) is 0.548. The van der Waals surface area contributed by atoms with Gasteiger partial charge in [-0.25, -0.2) is 14.8 Å². The van der Waals surface area contributed by atoms with E-state index in [2.05, 4.69) is 55.0 Å². The Kier molecular flexibility index (Phi) is 7.96. The molecular weight excluding hydrogens is 476 g/mol. The van der Waals surface area contributed by atoms with E-state index in [4.69, 9.17) is 4.74 Å². The molecule has 2 aliphatic heterocycles. The van der Waals surface area contributed by atoms with Crippen LogP contribution in [0, 0.1) is 18.8 Å². The molecule has 1 aromatic heterocycles. The topological polar surface area (TPSA) is 75.6 Å². The summed E-state index contributed by atoms with van der Waals surface area (Å²) in [6.45, 7) is 17.1. The molecule has 0 radical (unpaired) electrons. The molecule has 0 saturated heterocycles. The zero-order valence-corrected chi connectivity index (χ0v) is 24.1. The summed E-state index contributed by atoms with van der Waals surface area (Å²) in [6, 6.07) is 8.53. The third-order valence-electron chi connectivity index (χ3n) is 7.91. The molecule has 4 rings (SSSR count). The molecule has 0 N–H and O–H groups in total. The lowest BCUT2D eigenvalue weighted by molar-refractivity contribution is -0.117. The number of hydrogen-bond acceptors (Lipinski definition) is 5. The third-order valence-corrected chi connectivity index (χ3v) is 7.91. The minimum absolute atomic E-state index is 0.0661. The Morgan fingerprint density at radius 3 is 2.53 bits per heavy atom. The molecule has 2 amide bonds. The maximum atomic E-state index is 12.8. The normalized spacial score (nSPS) is 22.4. The van der Waals surface area contributed by atoms with Crippen molar-refractivity contribution in [1.29, 1.82) is 0 Å². The quantitative estimate of drug-likeness (QED) is 0.484. The van der Waals surface area contributed by atoms with Gasteiger partial charge in [-0.3, -0.25) is 4.79 Å². The Morgan fingerprint density at radius 1 is 1.18 bits per heavy atom. The lowest BCUT2D eigenvalue weighted by Crippen LogP contribution is -2.48. The lowest BCUT2D eigenvalue weighted by atomic mass is 9.70. The predicted octanol–water partition coefficient (Wildman–Crippen LogP) is 6.16. The van der Waals surface area contributed by atoms with Gasteiger partial charge in [-0.2, -0.15) is 0 Å². The molecule has 2 aromatic rings. The largest absolute Gasteiger partial charge is 0.444 e. The Bertz CT molecular complexity index is 1230. The first-order chi connectivity index (χ1) is 17.9. The van der Waals surface area contributed by atoms with Crippen molar-refractivity contribution in [3.8, 4) is 0 Å². The van der Waals surface area contributed by atoms with E-state index < -0.39 is 5.60 Å². The molecule has 38 heavy (non-hydrogen) atoms. The molecule has 0 aliphatic carbocycles. The minimum Gasteiger partial charge on any atom is -0.444 e. The number of benzene rings is 1. The Morgan fingerprint density at radius 2 is 1.92 bits per heavy atom. The predicted molar refractivity (Wildman–Crippen MR) is 151 cm³/mol. The van der Waals surface area contributed by atoms with Gasteiger partial charge in [-0.15, -0.1) is 0 Å². The number of hydrogen-bond donors (Lipinski definition) is 0. The number of anilines is 1. The van der Waals surface area contributed by atoms with Crippen LogP contribution in [0.2, 0.25) is 0 Å². The zero-order chi connectivity index (χ0) is 27.8. The summed E-state index contributed by atoms with van der Waals surface area (Å²) in [5, 5.41) is 0. The summed E-state index contributed by atoms with van der Waals surface area (Å²) in [6.07, 6.45) is 5.23. The molecule has 7 nitrogen and oxygen atoms in total. The van der Waals surface area contributed by atoms with Crippen LogP contribution < -0.4 is 4.90 Å². The van der Waals surface area contributed by atoms with Crippen molar-refractivity contribution < 1.29 is 14.3 Å². The second-order valence-corrected chi connectivity index (χ2v) is 12.0. The van der Waals surface area contributed by atoms with Gasteiger partial charge in [0.15, 0.2) is 0 Å². The SMILES string of the molecule is CC(=O)N1c2ccc(C3=CCN(C(=O)OC(C)(C)C)CC3)cc2C(C(C)Cc2nccc(C)n2)C(C)C1C. The van der Waals surface area contributed by atoms with E-state index in [1.165, 1.54) is 11.1 Å². The first kappa shape index (κ1) is 27.8. The van der Waals surface area contributed by atoms with Gasteiger partial charge in [-0.1, -0.05) is 26.0 Å². The number of carbonyl (C=O) groups is 2. The maximum absolute atomic E-state index is 12.8. The number of aromatic nitrogens is 2. The van der Waals surface area contributed by atoms with Gasteiger partial charge < -0.3 is 14.5 Å². The number of carbonyl (C=O) groups excluding carboxylic acids is 2. The fourth-order valence-electron chi connectivity index (χ4n) is 6.00. The van der Waals surface area contributed by atoms with E-state index in [1.54, 1.807) is 11.8 Å². The molecule has 204 valence electrons. The average Bonchev–Trinajstić information content (AvgIpc) is 2.83. The fourth-order valence-corrected chi connectivity index (χ4v) is 6.00. The standard InChI is InChI=1S/C31H42N4O3/c1-19(17-28-32-14-11-20(2)33-28)29-21(3)22(4)35(23(5)36)27-10-9-25(18-26(27)29)24-12-15-34(16-13-24)30(37)38-31(6,7)8/h9-12,14,18-19,21-22,29H,13,15-17H2,1-8H3. The number of aryl methyl sites for hydroxylation is 1. The minimum atomic E-state index is -0.509. The second-order valence-electron chi connectivity index (χ2n) is 12.0. The Hall–Kier alpha value is -3.22. The molecular formula is C31H42N4O3. The van der Waals surface area contributed by atoms with E-state index in [0.717, 1.165) is 35.6 Å². The maximum Gasteiger partial charge on any atom is 0.410 e. The van der Waals surface area contributed by atoms with Crippen molar-refractivity contribution in [2.75, 3.05) is 18.0 Å². The Labute approximate surface area is 227 Å². The van der Waals surface area contributed by atoms with Gasteiger partial charge in [0.05, 0.1) is 0 Å². The molecule has 4 atom stereocenters. The van der Waals surface area contributed by atoms with Crippen LogP contribution in [-0.4, -0.2) is 51.6 Å². The van der Waals surface area contributed by atoms with Gasteiger partial charge >= 0.3 is 6.09 Å². The highest BCUT2D eigenvalue weighted by atomic mass is 16.6. The summed E-state index contributed by atoms with van der Waals surface area (Å²) in [5.74, 6) is 1.74. The molecule has 0 saturated carbocycles. The van der Waals surface area contributed by atoms with Gasteiger partial charge in [0.2, 0.25) is 5.91 Å². The van der Waals surface area contributed by atoms with Crippen molar-refractivity contribution in [2.45, 2.75) is 85.8 Å². The van der Waals surface area contributed by atoms with Crippen LogP contribution in [0.5, 0.6) is 0 Å². The number of rotatable bonds is 4. The number of fused-ring (bicyclic) bond motifs is 1. The third kappa shape index (κ3) is 5.92. The molecule has 4 unspecified atom stereocenters. The smallest absolute Gasteiger partial charge is 0.410 e. The van der Waals surface area contributed by atoms with E-state index in [-0.39, 0.29) is 29.9 Å². The van der Waals surface area contributed by atoms with Crippen LogP contribution in [-0.2, 0) is 16.0 Å². The molecule has 0 spiro atoms. The van der Waals surface area contributed by atoms with E-state index in [1.807, 2.05) is 44.9 Å². The summed E-state index contributed by atoms with van der Waals surface area (Å²) >= 11 is 0. The van der Waals surface area contributed by atoms with E-state index >= 15 is 0 Å². The van der Waals surface area contributed by atoms with Crippen LogP contribution in [0.25, 0.3) is 5.57 Å². The van der Waals surface area contributed by atoms with E-state index in [0.29, 0.717) is 19.0 Å². The molecule has 7 heteroatoms. The molecule has 2 aliphatic rings. The second kappa shape index (κ2) is 10.9. The highest BCUT2D eigenvalue weighted by molar-refractivity contribution is 5.94. The summed E-state index contributed by atoms with van der Waals surface area (Å²) in [5.41, 5.74) is 5.05. The van der Waals surface area contributed by atoms with Crippen molar-refractivity contribution in [2.24, 2.45) is 11.8 Å². The summed E-state index contributed by atoms with van der Waals surface area (Å²) in [7, 11) is 0. The monoisotopic (exact) mass is 518 g/mol. The van der Waals surface area contributed by atoms with Gasteiger partial charge in [0.25, 0.3) is 0 Å². The zero-order valence-electron chi connectivity index (χ0n) is 24.1. The van der Waals surface area contributed by atoms with Crippen molar-refractivity contribution >= 4 is 23.3 Å². The van der Waals surface area contributed by atoms with Crippen LogP contribution in [0.1, 0.15) is 83.5 Å². The van der Waals surface area contributed by atoms with Gasteiger partial charge in [-0.05, 0) is 93.7 Å².